The molecule has 8 bridgehead atoms. The molecular weight excluding hydrogens is 1110 g/mol. The molecule has 488 valence electrons. The number of nitrogens with zero attached hydrogens (tertiary/aromatic N) is 4. The molecule has 0 saturated carbocycles. The van der Waals surface area contributed by atoms with Gasteiger partial charge in [0.1, 0.15) is 46.0 Å². The summed E-state index contributed by atoms with van der Waals surface area (Å²) in [5.74, 6) is 1.51. The maximum atomic E-state index is 13.7. The van der Waals surface area contributed by atoms with Crippen LogP contribution in [0.2, 0.25) is 0 Å². The van der Waals surface area contributed by atoms with E-state index >= 15 is 0 Å². The first-order valence-electron chi connectivity index (χ1n) is 33.9. The highest BCUT2D eigenvalue weighted by molar-refractivity contribution is 5.68. The van der Waals surface area contributed by atoms with Crippen LogP contribution < -0.4 is 18.9 Å². The van der Waals surface area contributed by atoms with Gasteiger partial charge in [0.05, 0.1) is 104 Å². The summed E-state index contributed by atoms with van der Waals surface area (Å²) in [7, 11) is 6.91. The van der Waals surface area contributed by atoms with Crippen LogP contribution >= 0.6 is 0 Å². The normalized spacial score (nSPS) is 20.7. The van der Waals surface area contributed by atoms with E-state index in [2.05, 4.69) is 71.6 Å². The number of ether oxygens (including phenoxy) is 8. The van der Waals surface area contributed by atoms with Crippen molar-refractivity contribution in [1.82, 2.24) is 19.6 Å². The van der Waals surface area contributed by atoms with Gasteiger partial charge in [-0.05, 0) is 49.9 Å². The highest BCUT2D eigenvalue weighted by Gasteiger charge is 2.39. The molecule has 0 radical (unpaired) electrons. The molecule has 4 N–H and O–H groups in total. The third kappa shape index (κ3) is 15.5. The van der Waals surface area contributed by atoms with E-state index in [-0.39, 0.29) is 23.0 Å². The van der Waals surface area contributed by atoms with Crippen LogP contribution in [0, 0.1) is 0 Å². The maximum absolute atomic E-state index is 13.7. The maximum Gasteiger partial charge on any atom is 0.130 e. The molecule has 4 saturated heterocycles. The summed E-state index contributed by atoms with van der Waals surface area (Å²) in [6, 6.07) is 8.89. The number of phenolic OH excluding ortho intramolecular Hbond substituents is 4. The molecule has 88 heavy (non-hydrogen) atoms. The number of fused-ring (bicyclic) bond motifs is 8. The molecule has 4 atom stereocenters. The topological polar surface area (TPSA) is 168 Å². The molecule has 0 amide bonds. The van der Waals surface area contributed by atoms with E-state index in [4.69, 9.17) is 37.9 Å². The summed E-state index contributed by atoms with van der Waals surface area (Å²) in [5, 5.41) is 54.7. The molecular formula is C72H108N4O12. The lowest BCUT2D eigenvalue weighted by atomic mass is 9.74. The van der Waals surface area contributed by atoms with Gasteiger partial charge in [-0.2, -0.15) is 0 Å². The molecule has 16 nitrogen and oxygen atoms in total. The minimum Gasteiger partial charge on any atom is -0.507 e. The fourth-order valence-electron chi connectivity index (χ4n) is 14.9. The predicted molar refractivity (Wildman–Crippen MR) is 347 cm³/mol. The summed E-state index contributed by atoms with van der Waals surface area (Å²) >= 11 is 0. The van der Waals surface area contributed by atoms with Crippen molar-refractivity contribution in [2.24, 2.45) is 0 Å². The van der Waals surface area contributed by atoms with E-state index < -0.39 is 23.7 Å². The van der Waals surface area contributed by atoms with Crippen LogP contribution in [0.5, 0.6) is 46.0 Å². The van der Waals surface area contributed by atoms with E-state index in [1.165, 1.54) is 0 Å². The molecule has 0 aromatic heterocycles. The summed E-state index contributed by atoms with van der Waals surface area (Å²) in [6.07, 6.45) is 14.1. The molecule has 4 fully saturated rings. The van der Waals surface area contributed by atoms with E-state index in [1.807, 2.05) is 0 Å². The van der Waals surface area contributed by atoms with Crippen molar-refractivity contribution in [2.75, 3.05) is 134 Å². The summed E-state index contributed by atoms with van der Waals surface area (Å²) in [4.78, 5) is 9.41. The third-order valence-electron chi connectivity index (χ3n) is 19.8. The van der Waals surface area contributed by atoms with Crippen LogP contribution in [-0.4, -0.2) is 174 Å². The van der Waals surface area contributed by atoms with Gasteiger partial charge in [0, 0.05) is 147 Å². The molecule has 4 aromatic carbocycles. The Kier molecular flexibility index (Phi) is 25.5. The van der Waals surface area contributed by atoms with E-state index in [1.54, 1.807) is 28.4 Å². The molecule has 1 aliphatic carbocycles. The summed E-state index contributed by atoms with van der Waals surface area (Å²) < 4.78 is 50.8. The van der Waals surface area contributed by atoms with Gasteiger partial charge in [-0.25, -0.2) is 0 Å². The number of aromatic hydroxyl groups is 4. The second-order valence-electron chi connectivity index (χ2n) is 25.4. The van der Waals surface area contributed by atoms with Crippen molar-refractivity contribution in [3.8, 4) is 46.0 Å². The monoisotopic (exact) mass is 1220 g/mol. The Morgan fingerprint density at radius 3 is 0.682 bits per heavy atom. The fourth-order valence-corrected chi connectivity index (χ4v) is 14.9. The molecule has 4 heterocycles. The first kappa shape index (κ1) is 67.4. The second kappa shape index (κ2) is 33.3. The van der Waals surface area contributed by atoms with Gasteiger partial charge in [0.25, 0.3) is 0 Å². The third-order valence-corrected chi connectivity index (χ3v) is 19.8. The van der Waals surface area contributed by atoms with Crippen molar-refractivity contribution in [3.05, 3.63) is 91.0 Å². The smallest absolute Gasteiger partial charge is 0.130 e. The van der Waals surface area contributed by atoms with Crippen molar-refractivity contribution in [1.29, 1.82) is 0 Å². The van der Waals surface area contributed by atoms with Crippen LogP contribution in [0.15, 0.2) is 24.3 Å². The highest BCUT2D eigenvalue weighted by Crippen LogP contribution is 2.57. The number of hydrogen-bond donors (Lipinski definition) is 4. The fraction of sp³-hybridized carbons (Fsp3) is 0.667. The van der Waals surface area contributed by atoms with Gasteiger partial charge in [0.2, 0.25) is 0 Å². The van der Waals surface area contributed by atoms with Crippen LogP contribution in [0.4, 0.5) is 0 Å². The molecule has 16 heteroatoms. The Balaban J connectivity index is 1.50. The van der Waals surface area contributed by atoms with Crippen molar-refractivity contribution >= 4 is 0 Å². The Morgan fingerprint density at radius 2 is 0.511 bits per heavy atom. The minimum atomic E-state index is -0.424. The van der Waals surface area contributed by atoms with E-state index in [9.17, 15) is 20.4 Å². The zero-order chi connectivity index (χ0) is 62.1. The minimum absolute atomic E-state index is 0.189. The van der Waals surface area contributed by atoms with Gasteiger partial charge < -0.3 is 58.3 Å². The quantitative estimate of drug-likeness (QED) is 0.0396. The average molecular weight is 1220 g/mol. The lowest BCUT2D eigenvalue weighted by molar-refractivity contribution is 0.0334. The molecule has 5 aliphatic rings. The predicted octanol–water partition coefficient (Wildman–Crippen LogP) is 13.0. The van der Waals surface area contributed by atoms with Gasteiger partial charge in [-0.3, -0.25) is 19.6 Å². The molecule has 0 unspecified atom stereocenters. The first-order chi connectivity index (χ1) is 43.0. The molecule has 4 aliphatic heterocycles. The molecule has 0 spiro atoms. The number of morpholine rings is 4. The molecule has 9 rings (SSSR count). The van der Waals surface area contributed by atoms with Crippen LogP contribution in [0.1, 0.15) is 221 Å². The lowest BCUT2D eigenvalue weighted by Gasteiger charge is -2.35. The summed E-state index contributed by atoms with van der Waals surface area (Å²) in [6.45, 7) is 20.8. The van der Waals surface area contributed by atoms with Gasteiger partial charge in [-0.1, -0.05) is 105 Å². The Morgan fingerprint density at radius 1 is 0.318 bits per heavy atom. The first-order valence-corrected chi connectivity index (χ1v) is 33.9. The van der Waals surface area contributed by atoms with Gasteiger partial charge in [-0.15, -0.1) is 0 Å². The number of hydrogen-bond acceptors (Lipinski definition) is 16. The van der Waals surface area contributed by atoms with Crippen LogP contribution in [0.25, 0.3) is 0 Å². The lowest BCUT2D eigenvalue weighted by Crippen LogP contribution is -2.36. The van der Waals surface area contributed by atoms with Crippen molar-refractivity contribution in [2.45, 2.75) is 180 Å². The van der Waals surface area contributed by atoms with Crippen molar-refractivity contribution in [3.63, 3.8) is 0 Å². The Hall–Kier alpha value is -5.04. The average Bonchev–Trinajstić information content (AvgIpc) is 1.24. The highest BCUT2D eigenvalue weighted by atomic mass is 16.5. The Labute approximate surface area is 526 Å². The van der Waals surface area contributed by atoms with E-state index in [0.29, 0.717) is 202 Å². The molecule has 4 aromatic rings. The van der Waals surface area contributed by atoms with E-state index in [0.717, 1.165) is 122 Å². The SMILES string of the molecule is CCCCC[C@H]1c2cc(c(OC)c(CN3CCOCC3)c2O)[C@@H](CCCCC)c2cc(c(OC)c(CN3CCOCC3)c2O)[C@@H](CCCCC)c2cc(c(OC)c(CN3CCOCC3)c2O)[C@@H](CCCCC)c2cc1c(OC)c(CN1CCOCC1)c2O. The van der Waals surface area contributed by atoms with Crippen LogP contribution in [-0.2, 0) is 45.1 Å². The second-order valence-corrected chi connectivity index (χ2v) is 25.4. The Bertz CT molecular complexity index is 2480. The zero-order valence-corrected chi connectivity index (χ0v) is 54.9. The number of phenols is 4. The number of benzene rings is 4. The summed E-state index contributed by atoms with van der Waals surface area (Å²) in [5.41, 5.74) is 9.53. The van der Waals surface area contributed by atoms with Gasteiger partial charge >= 0.3 is 0 Å². The van der Waals surface area contributed by atoms with Crippen molar-refractivity contribution < 1.29 is 58.3 Å². The number of methoxy groups -OCH3 is 4. The van der Waals surface area contributed by atoms with Crippen LogP contribution in [0.3, 0.4) is 0 Å². The number of unbranched alkanes of at least 4 members (excludes halogenated alkanes) is 8. The zero-order valence-electron chi connectivity index (χ0n) is 54.9. The standard InChI is InChI=1S/C72H108N4O12/c1-9-13-17-21-49-53-41-58(70(82-6)61(65(53)77)45-73-25-33-85-34-26-73)51(23-19-15-11-3)55-43-60(72(84-8)63(67(55)79)47-75-29-37-87-38-30-75)52(24-20-16-12-4)56-44-59(71(83-7)64(68(56)80)48-76-31-39-88-40-32-76)50(22-18-14-10-2)54-42-57(49)69(81-5)62(66(54)78)46-74-27-35-86-36-28-74/h41-44,49-52,77-80H,9-40,45-48H2,1-8H3/t49-,50-,51-,52-/m0/s1. The van der Waals surface area contributed by atoms with Gasteiger partial charge in [0.15, 0.2) is 0 Å². The largest absolute Gasteiger partial charge is 0.507 e. The number of rotatable bonds is 28.